The topological polar surface area (TPSA) is 87.7 Å². The number of nitrogens with one attached hydrogen (secondary N) is 2. The molecule has 16 heavy (non-hydrogen) atoms. The van der Waals surface area contributed by atoms with Gasteiger partial charge in [0, 0.05) is 11.4 Å². The Hall–Kier alpha value is -1.25. The van der Waals surface area contributed by atoms with Crippen LogP contribution in [0.3, 0.4) is 0 Å². The Morgan fingerprint density at radius 2 is 2.38 bits per heavy atom. The van der Waals surface area contributed by atoms with E-state index in [1.807, 2.05) is 6.92 Å². The zero-order valence-corrected chi connectivity index (χ0v) is 10.1. The fourth-order valence-electron chi connectivity index (χ4n) is 1.13. The normalized spacial score (nSPS) is 11.8. The smallest absolute Gasteiger partial charge is 0.257 e. The molecule has 2 heterocycles. The molecule has 0 radical (unpaired) electrons. The van der Waals surface area contributed by atoms with Gasteiger partial charge in [0.25, 0.3) is 10.0 Å². The van der Waals surface area contributed by atoms with Crippen molar-refractivity contribution in [1.82, 2.24) is 19.9 Å². The van der Waals surface area contributed by atoms with E-state index in [1.54, 1.807) is 5.51 Å². The SMILES string of the molecule is Cc1ncsc1CNS(=O)(=O)c1ccn[nH]1. The van der Waals surface area contributed by atoms with Crippen molar-refractivity contribution in [2.45, 2.75) is 18.5 Å². The first kappa shape index (κ1) is 11.2. The Bertz CT molecular complexity index is 559. The summed E-state index contributed by atoms with van der Waals surface area (Å²) < 4.78 is 25.9. The van der Waals surface area contributed by atoms with Crippen molar-refractivity contribution < 1.29 is 8.42 Å². The largest absolute Gasteiger partial charge is 0.266 e. The predicted molar refractivity (Wildman–Crippen MR) is 59.5 cm³/mol. The zero-order chi connectivity index (χ0) is 11.6. The summed E-state index contributed by atoms with van der Waals surface area (Å²) in [6, 6.07) is 1.40. The van der Waals surface area contributed by atoms with E-state index < -0.39 is 10.0 Å². The number of H-pyrrole nitrogens is 1. The van der Waals surface area contributed by atoms with Crippen LogP contribution in [0.15, 0.2) is 22.8 Å². The molecule has 6 nitrogen and oxygen atoms in total. The van der Waals surface area contributed by atoms with Gasteiger partial charge in [-0.3, -0.25) is 5.10 Å². The molecular formula is C8H10N4O2S2. The molecule has 0 aliphatic rings. The molecule has 0 bridgehead atoms. The summed E-state index contributed by atoms with van der Waals surface area (Å²) in [5.41, 5.74) is 2.53. The van der Waals surface area contributed by atoms with Gasteiger partial charge in [0.05, 0.1) is 17.4 Å². The number of aromatic amines is 1. The van der Waals surface area contributed by atoms with Crippen molar-refractivity contribution >= 4 is 21.4 Å². The summed E-state index contributed by atoms with van der Waals surface area (Å²) in [5, 5.41) is 6.07. The molecule has 0 saturated carbocycles. The molecule has 0 saturated heterocycles. The van der Waals surface area contributed by atoms with Crippen molar-refractivity contribution in [1.29, 1.82) is 0 Å². The van der Waals surface area contributed by atoms with Gasteiger partial charge in [-0.2, -0.15) is 5.10 Å². The van der Waals surface area contributed by atoms with Crippen LogP contribution >= 0.6 is 11.3 Å². The van der Waals surface area contributed by atoms with Gasteiger partial charge in [0.1, 0.15) is 0 Å². The summed E-state index contributed by atoms with van der Waals surface area (Å²) in [5.74, 6) is 0. The fraction of sp³-hybridized carbons (Fsp3) is 0.250. The van der Waals surface area contributed by atoms with Crippen LogP contribution in [0, 0.1) is 6.92 Å². The standard InChI is InChI=1S/C8H10N4O2S2/c1-6-7(15-5-9-6)4-11-16(13,14)8-2-3-10-12-8/h2-3,5,11H,4H2,1H3,(H,10,12). The van der Waals surface area contributed by atoms with Crippen molar-refractivity contribution in [3.05, 3.63) is 28.3 Å². The molecule has 0 amide bonds. The maximum atomic E-state index is 11.7. The Morgan fingerprint density at radius 1 is 1.56 bits per heavy atom. The first-order valence-electron chi connectivity index (χ1n) is 4.47. The second-order valence-corrected chi connectivity index (χ2v) is 5.78. The molecule has 2 N–H and O–H groups in total. The fourth-order valence-corrected chi connectivity index (χ4v) is 2.84. The number of rotatable bonds is 4. The van der Waals surface area contributed by atoms with Crippen LogP contribution in [-0.2, 0) is 16.6 Å². The number of hydrogen-bond donors (Lipinski definition) is 2. The van der Waals surface area contributed by atoms with Crippen molar-refractivity contribution in [3.63, 3.8) is 0 Å². The van der Waals surface area contributed by atoms with Gasteiger partial charge in [0.2, 0.25) is 0 Å². The Morgan fingerprint density at radius 3 is 2.94 bits per heavy atom. The van der Waals surface area contributed by atoms with Crippen LogP contribution in [0.5, 0.6) is 0 Å². The van der Waals surface area contributed by atoms with Crippen LogP contribution < -0.4 is 4.72 Å². The van der Waals surface area contributed by atoms with E-state index in [-0.39, 0.29) is 11.6 Å². The molecule has 2 rings (SSSR count). The minimum absolute atomic E-state index is 0.0645. The van der Waals surface area contributed by atoms with E-state index in [1.165, 1.54) is 23.6 Å². The van der Waals surface area contributed by atoms with Crippen LogP contribution in [0.25, 0.3) is 0 Å². The highest BCUT2D eigenvalue weighted by Crippen LogP contribution is 2.12. The third kappa shape index (κ3) is 2.29. The molecule has 0 atom stereocenters. The molecule has 8 heteroatoms. The minimum atomic E-state index is -3.50. The molecule has 2 aromatic rings. The maximum Gasteiger partial charge on any atom is 0.257 e. The number of nitrogens with zero attached hydrogens (tertiary/aromatic N) is 2. The second-order valence-electron chi connectivity index (χ2n) is 3.11. The first-order valence-corrected chi connectivity index (χ1v) is 6.84. The lowest BCUT2D eigenvalue weighted by Crippen LogP contribution is -2.23. The molecule has 0 spiro atoms. The van der Waals surface area contributed by atoms with Gasteiger partial charge in [0.15, 0.2) is 5.03 Å². The molecule has 86 valence electrons. The summed E-state index contributed by atoms with van der Waals surface area (Å²) in [7, 11) is -3.50. The Kier molecular flexibility index (Phi) is 3.03. The third-order valence-electron chi connectivity index (χ3n) is 2.03. The number of thiazole rings is 1. The van der Waals surface area contributed by atoms with E-state index in [4.69, 9.17) is 0 Å². The molecule has 0 aromatic carbocycles. The van der Waals surface area contributed by atoms with E-state index in [0.29, 0.717) is 0 Å². The molecular weight excluding hydrogens is 248 g/mol. The average molecular weight is 258 g/mol. The van der Waals surface area contributed by atoms with Crippen LogP contribution in [0.1, 0.15) is 10.6 Å². The summed E-state index contributed by atoms with van der Waals surface area (Å²) in [4.78, 5) is 4.95. The van der Waals surface area contributed by atoms with Gasteiger partial charge in [-0.15, -0.1) is 11.3 Å². The second kappa shape index (κ2) is 4.32. The zero-order valence-electron chi connectivity index (χ0n) is 8.47. The monoisotopic (exact) mass is 258 g/mol. The first-order chi connectivity index (χ1) is 7.59. The summed E-state index contributed by atoms with van der Waals surface area (Å²) in [6.45, 7) is 2.09. The van der Waals surface area contributed by atoms with E-state index in [0.717, 1.165) is 10.6 Å². The lowest BCUT2D eigenvalue weighted by Gasteiger charge is -2.02. The van der Waals surface area contributed by atoms with Gasteiger partial charge >= 0.3 is 0 Å². The van der Waals surface area contributed by atoms with Gasteiger partial charge in [-0.05, 0) is 13.0 Å². The summed E-state index contributed by atoms with van der Waals surface area (Å²) >= 11 is 1.42. The van der Waals surface area contributed by atoms with Crippen LogP contribution in [0.4, 0.5) is 0 Å². The quantitative estimate of drug-likeness (QED) is 0.843. The van der Waals surface area contributed by atoms with E-state index >= 15 is 0 Å². The van der Waals surface area contributed by atoms with Gasteiger partial charge in [-0.1, -0.05) is 0 Å². The molecule has 2 aromatic heterocycles. The molecule has 0 fully saturated rings. The lowest BCUT2D eigenvalue weighted by atomic mass is 10.4. The number of hydrogen-bond acceptors (Lipinski definition) is 5. The van der Waals surface area contributed by atoms with Crippen LogP contribution in [0.2, 0.25) is 0 Å². The van der Waals surface area contributed by atoms with Gasteiger partial charge in [-0.25, -0.2) is 18.1 Å². The number of sulfonamides is 1. The van der Waals surface area contributed by atoms with Crippen molar-refractivity contribution in [2.24, 2.45) is 0 Å². The highest BCUT2D eigenvalue weighted by molar-refractivity contribution is 7.89. The molecule has 0 aliphatic carbocycles. The maximum absolute atomic E-state index is 11.7. The highest BCUT2D eigenvalue weighted by atomic mass is 32.2. The minimum Gasteiger partial charge on any atom is -0.266 e. The number of aromatic nitrogens is 3. The highest BCUT2D eigenvalue weighted by Gasteiger charge is 2.15. The lowest BCUT2D eigenvalue weighted by molar-refractivity contribution is 0.577. The van der Waals surface area contributed by atoms with Crippen molar-refractivity contribution in [2.75, 3.05) is 0 Å². The Labute approximate surface area is 96.8 Å². The van der Waals surface area contributed by atoms with Gasteiger partial charge < -0.3 is 0 Å². The molecule has 0 unspecified atom stereocenters. The van der Waals surface area contributed by atoms with E-state index in [2.05, 4.69) is 19.9 Å². The van der Waals surface area contributed by atoms with Crippen LogP contribution in [-0.4, -0.2) is 23.6 Å². The third-order valence-corrected chi connectivity index (χ3v) is 4.30. The van der Waals surface area contributed by atoms with E-state index in [9.17, 15) is 8.42 Å². The number of aryl methyl sites for hydroxylation is 1. The molecule has 0 aliphatic heterocycles. The van der Waals surface area contributed by atoms with Crippen molar-refractivity contribution in [3.8, 4) is 0 Å². The summed E-state index contributed by atoms with van der Waals surface area (Å²) in [6.07, 6.45) is 1.40. The predicted octanol–water partition coefficient (Wildman–Crippen LogP) is 0.653. The average Bonchev–Trinajstić information content (AvgIpc) is 2.85. The Balaban J connectivity index is 2.09.